The minimum atomic E-state index is -0.296. The number of rotatable bonds is 5. The van der Waals surface area contributed by atoms with Crippen LogP contribution in [-0.4, -0.2) is 41.6 Å². The van der Waals surface area contributed by atoms with Crippen molar-refractivity contribution in [3.63, 3.8) is 0 Å². The Hall–Kier alpha value is -1.49. The molecular weight excluding hydrogens is 284 g/mol. The smallest absolute Gasteiger partial charge is 0.242 e. The van der Waals surface area contributed by atoms with E-state index >= 15 is 0 Å². The molecule has 1 aliphatic heterocycles. The van der Waals surface area contributed by atoms with E-state index in [9.17, 15) is 9.59 Å². The van der Waals surface area contributed by atoms with E-state index in [1.54, 1.807) is 16.7 Å². The highest BCUT2D eigenvalue weighted by Gasteiger charge is 2.30. The summed E-state index contributed by atoms with van der Waals surface area (Å²) >= 11 is 1.68. The van der Waals surface area contributed by atoms with Gasteiger partial charge >= 0.3 is 0 Å². The second-order valence-electron chi connectivity index (χ2n) is 5.21. The highest BCUT2D eigenvalue weighted by Crippen LogP contribution is 2.20. The molecule has 0 bridgehead atoms. The average molecular weight is 306 g/mol. The number of piperazine rings is 1. The molecule has 1 aliphatic rings. The van der Waals surface area contributed by atoms with Crippen molar-refractivity contribution in [1.29, 1.82) is 0 Å². The number of thioether (sulfide) groups is 1. The number of amides is 2. The Labute approximate surface area is 130 Å². The number of carbonyl (C=O) groups excluding carboxylic acids is 2. The Morgan fingerprint density at radius 2 is 2.10 bits per heavy atom. The normalized spacial score (nSPS) is 18.5. The maximum absolute atomic E-state index is 12.3. The fourth-order valence-electron chi connectivity index (χ4n) is 2.45. The zero-order valence-corrected chi connectivity index (χ0v) is 13.4. The summed E-state index contributed by atoms with van der Waals surface area (Å²) in [6, 6.07) is 8.01. The monoisotopic (exact) mass is 306 g/mol. The van der Waals surface area contributed by atoms with Crippen molar-refractivity contribution in [2.45, 2.75) is 37.6 Å². The summed E-state index contributed by atoms with van der Waals surface area (Å²) in [5.74, 6) is 0.802. The molecule has 0 saturated carbocycles. The summed E-state index contributed by atoms with van der Waals surface area (Å²) in [7, 11) is 0. The molecule has 2 amide bonds. The molecular formula is C16H22N2O2S. The standard InChI is InChI=1S/C16H22N2O2S/c1-3-14-16(20)17-9-10-18(14)15(19)8-11-21-13-6-4-12(2)5-7-13/h4-7,14H,3,8-11H2,1-2H3,(H,17,20). The predicted octanol–water partition coefficient (Wildman–Crippen LogP) is 2.21. The van der Waals surface area contributed by atoms with Crippen LogP contribution in [0.25, 0.3) is 0 Å². The summed E-state index contributed by atoms with van der Waals surface area (Å²) in [4.78, 5) is 27.0. The molecule has 1 N–H and O–H groups in total. The summed E-state index contributed by atoms with van der Waals surface area (Å²) in [6.45, 7) is 5.19. The van der Waals surface area contributed by atoms with Gasteiger partial charge in [0, 0.05) is 30.2 Å². The van der Waals surface area contributed by atoms with E-state index in [1.807, 2.05) is 6.92 Å². The van der Waals surface area contributed by atoms with Crippen LogP contribution < -0.4 is 5.32 Å². The van der Waals surface area contributed by atoms with Gasteiger partial charge in [0.1, 0.15) is 6.04 Å². The lowest BCUT2D eigenvalue weighted by molar-refractivity contribution is -0.143. The lowest BCUT2D eigenvalue weighted by Gasteiger charge is -2.34. The molecule has 21 heavy (non-hydrogen) atoms. The summed E-state index contributed by atoms with van der Waals surface area (Å²) in [5.41, 5.74) is 1.24. The van der Waals surface area contributed by atoms with Gasteiger partial charge in [0.2, 0.25) is 11.8 Å². The number of nitrogens with one attached hydrogen (secondary N) is 1. The summed E-state index contributed by atoms with van der Waals surface area (Å²) in [6.07, 6.45) is 1.14. The van der Waals surface area contributed by atoms with E-state index in [0.29, 0.717) is 25.9 Å². The Morgan fingerprint density at radius 1 is 1.38 bits per heavy atom. The van der Waals surface area contributed by atoms with Gasteiger partial charge < -0.3 is 10.2 Å². The van der Waals surface area contributed by atoms with Crippen LogP contribution in [0.15, 0.2) is 29.2 Å². The summed E-state index contributed by atoms with van der Waals surface area (Å²) < 4.78 is 0. The van der Waals surface area contributed by atoms with Crippen molar-refractivity contribution in [2.24, 2.45) is 0 Å². The Kier molecular flexibility index (Phi) is 5.67. The van der Waals surface area contributed by atoms with Crippen molar-refractivity contribution < 1.29 is 9.59 Å². The quantitative estimate of drug-likeness (QED) is 0.849. The lowest BCUT2D eigenvalue weighted by atomic mass is 10.1. The molecule has 1 fully saturated rings. The van der Waals surface area contributed by atoms with Crippen LogP contribution in [0.5, 0.6) is 0 Å². The van der Waals surface area contributed by atoms with E-state index in [2.05, 4.69) is 36.5 Å². The first-order chi connectivity index (χ1) is 10.1. The largest absolute Gasteiger partial charge is 0.353 e. The van der Waals surface area contributed by atoms with Crippen LogP contribution in [0.4, 0.5) is 0 Å². The first-order valence-corrected chi connectivity index (χ1v) is 8.37. The fourth-order valence-corrected chi connectivity index (χ4v) is 3.29. The van der Waals surface area contributed by atoms with E-state index in [0.717, 1.165) is 5.75 Å². The third kappa shape index (κ3) is 4.24. The van der Waals surface area contributed by atoms with E-state index < -0.39 is 0 Å². The van der Waals surface area contributed by atoms with Crippen LogP contribution in [0.2, 0.25) is 0 Å². The van der Waals surface area contributed by atoms with Crippen molar-refractivity contribution in [3.8, 4) is 0 Å². The number of benzene rings is 1. The number of nitrogens with zero attached hydrogens (tertiary/aromatic N) is 1. The highest BCUT2D eigenvalue weighted by molar-refractivity contribution is 7.99. The molecule has 1 saturated heterocycles. The molecule has 0 radical (unpaired) electrons. The molecule has 0 aromatic heterocycles. The molecule has 5 heteroatoms. The van der Waals surface area contributed by atoms with E-state index in [1.165, 1.54) is 10.5 Å². The average Bonchev–Trinajstić information content (AvgIpc) is 2.49. The molecule has 1 unspecified atom stereocenters. The third-order valence-electron chi connectivity index (χ3n) is 3.64. The number of hydrogen-bond donors (Lipinski definition) is 1. The molecule has 0 spiro atoms. The molecule has 2 rings (SSSR count). The predicted molar refractivity (Wildman–Crippen MR) is 85.3 cm³/mol. The topological polar surface area (TPSA) is 49.4 Å². The van der Waals surface area contributed by atoms with Gasteiger partial charge in [0.05, 0.1) is 0 Å². The second-order valence-corrected chi connectivity index (χ2v) is 6.38. The third-order valence-corrected chi connectivity index (χ3v) is 4.66. The zero-order chi connectivity index (χ0) is 15.2. The molecule has 4 nitrogen and oxygen atoms in total. The Balaban J connectivity index is 1.83. The van der Waals surface area contributed by atoms with Crippen molar-refractivity contribution in [2.75, 3.05) is 18.8 Å². The van der Waals surface area contributed by atoms with Crippen LogP contribution in [0, 0.1) is 6.92 Å². The van der Waals surface area contributed by atoms with Gasteiger partial charge in [-0.05, 0) is 25.5 Å². The number of hydrogen-bond acceptors (Lipinski definition) is 3. The van der Waals surface area contributed by atoms with Crippen molar-refractivity contribution >= 4 is 23.6 Å². The molecule has 0 aliphatic carbocycles. The molecule has 1 aromatic rings. The van der Waals surface area contributed by atoms with Gasteiger partial charge in [-0.2, -0.15) is 0 Å². The van der Waals surface area contributed by atoms with Gasteiger partial charge in [-0.15, -0.1) is 11.8 Å². The van der Waals surface area contributed by atoms with E-state index in [-0.39, 0.29) is 17.9 Å². The zero-order valence-electron chi connectivity index (χ0n) is 12.6. The van der Waals surface area contributed by atoms with Crippen LogP contribution in [0.1, 0.15) is 25.3 Å². The highest BCUT2D eigenvalue weighted by atomic mass is 32.2. The first-order valence-electron chi connectivity index (χ1n) is 7.38. The van der Waals surface area contributed by atoms with Crippen molar-refractivity contribution in [1.82, 2.24) is 10.2 Å². The van der Waals surface area contributed by atoms with Gasteiger partial charge in [-0.3, -0.25) is 9.59 Å². The van der Waals surface area contributed by atoms with Crippen molar-refractivity contribution in [3.05, 3.63) is 29.8 Å². The lowest BCUT2D eigenvalue weighted by Crippen LogP contribution is -2.56. The van der Waals surface area contributed by atoms with Crippen LogP contribution in [0.3, 0.4) is 0 Å². The van der Waals surface area contributed by atoms with Crippen LogP contribution >= 0.6 is 11.8 Å². The molecule has 1 heterocycles. The van der Waals surface area contributed by atoms with Gasteiger partial charge in [-0.1, -0.05) is 24.6 Å². The first kappa shape index (κ1) is 15.9. The number of carbonyl (C=O) groups is 2. The SMILES string of the molecule is CCC1C(=O)NCCN1C(=O)CCSc1ccc(C)cc1. The molecule has 1 atom stereocenters. The van der Waals surface area contributed by atoms with Crippen LogP contribution in [-0.2, 0) is 9.59 Å². The fraction of sp³-hybridized carbons (Fsp3) is 0.500. The Morgan fingerprint density at radius 3 is 2.76 bits per heavy atom. The summed E-state index contributed by atoms with van der Waals surface area (Å²) in [5, 5.41) is 2.82. The Bertz CT molecular complexity index is 502. The van der Waals surface area contributed by atoms with Gasteiger partial charge in [0.25, 0.3) is 0 Å². The number of aryl methyl sites for hydroxylation is 1. The molecule has 114 valence electrons. The van der Waals surface area contributed by atoms with Gasteiger partial charge in [-0.25, -0.2) is 0 Å². The molecule has 1 aromatic carbocycles. The maximum atomic E-state index is 12.3. The van der Waals surface area contributed by atoms with E-state index in [4.69, 9.17) is 0 Å². The minimum Gasteiger partial charge on any atom is -0.353 e. The second kappa shape index (κ2) is 7.50. The maximum Gasteiger partial charge on any atom is 0.242 e. The minimum absolute atomic E-state index is 0.0247. The van der Waals surface area contributed by atoms with Gasteiger partial charge in [0.15, 0.2) is 0 Å².